The van der Waals surface area contributed by atoms with Crippen molar-refractivity contribution in [3.05, 3.63) is 11.1 Å². The summed E-state index contributed by atoms with van der Waals surface area (Å²) in [4.78, 5) is 11.9. The van der Waals surface area contributed by atoms with Crippen LogP contribution in [0.25, 0.3) is 0 Å². The molecule has 4 rings (SSSR count). The molecule has 0 aromatic heterocycles. The number of rotatable bonds is 3. The van der Waals surface area contributed by atoms with E-state index in [2.05, 4.69) is 25.5 Å². The van der Waals surface area contributed by atoms with Gasteiger partial charge in [-0.2, -0.15) is 26.3 Å². The Morgan fingerprint density at radius 2 is 1.59 bits per heavy atom. The highest BCUT2D eigenvalue weighted by Gasteiger charge is 2.79. The number of halogens is 7. The predicted octanol–water partition coefficient (Wildman–Crippen LogP) is 7.86. The van der Waals surface area contributed by atoms with Gasteiger partial charge in [0.2, 0.25) is 0 Å². The van der Waals surface area contributed by atoms with E-state index >= 15 is 0 Å². The first-order valence-electron chi connectivity index (χ1n) is 12.3. The molecular formula is C25H33F7O2. The van der Waals surface area contributed by atoms with Crippen molar-refractivity contribution in [3.8, 4) is 0 Å². The molecule has 4 aliphatic rings. The first-order chi connectivity index (χ1) is 15.6. The van der Waals surface area contributed by atoms with E-state index in [1.54, 1.807) is 11.1 Å². The molecule has 0 N–H and O–H groups in total. The Morgan fingerprint density at radius 1 is 0.941 bits per heavy atom. The smallest absolute Gasteiger partial charge is 0.442 e. The van der Waals surface area contributed by atoms with Crippen LogP contribution in [0.1, 0.15) is 85.0 Å². The van der Waals surface area contributed by atoms with Crippen LogP contribution in [0.5, 0.6) is 0 Å². The predicted molar refractivity (Wildman–Crippen MR) is 111 cm³/mol. The summed E-state index contributed by atoms with van der Waals surface area (Å²) >= 11 is 0. The van der Waals surface area contributed by atoms with E-state index in [9.17, 15) is 35.5 Å². The molecule has 0 aromatic carbocycles. The van der Waals surface area contributed by atoms with Crippen LogP contribution in [0.2, 0.25) is 0 Å². The van der Waals surface area contributed by atoms with Gasteiger partial charge in [-0.1, -0.05) is 31.9 Å². The van der Waals surface area contributed by atoms with Crippen LogP contribution in [-0.4, -0.2) is 30.1 Å². The molecule has 0 aliphatic heterocycles. The minimum absolute atomic E-state index is 0.0206. The second kappa shape index (κ2) is 8.12. The number of esters is 1. The maximum Gasteiger partial charge on any atom is 0.442 e. The zero-order valence-electron chi connectivity index (χ0n) is 19.8. The highest BCUT2D eigenvalue weighted by molar-refractivity contribution is 5.82. The minimum atomic E-state index is -6.44. The maximum atomic E-state index is 14.1. The summed E-state index contributed by atoms with van der Waals surface area (Å²) in [6, 6.07) is 0. The van der Waals surface area contributed by atoms with Gasteiger partial charge in [-0.05, 0) is 92.8 Å². The molecule has 0 radical (unpaired) electrons. The third kappa shape index (κ3) is 3.69. The van der Waals surface area contributed by atoms with Crippen molar-refractivity contribution >= 4 is 5.97 Å². The van der Waals surface area contributed by atoms with Crippen molar-refractivity contribution in [3.63, 3.8) is 0 Å². The summed E-state index contributed by atoms with van der Waals surface area (Å²) in [7, 11) is 0. The zero-order valence-corrected chi connectivity index (χ0v) is 19.8. The fourth-order valence-corrected chi connectivity index (χ4v) is 7.70. The van der Waals surface area contributed by atoms with Crippen LogP contribution < -0.4 is 0 Å². The van der Waals surface area contributed by atoms with Crippen LogP contribution in [0.15, 0.2) is 11.1 Å². The SMILES string of the molecule is CCC1(C)CCC2=C1CCC1C2CCC2CC(OC(=O)C(F)(C(F)(F)F)C(F)(F)F)CCC21C. The normalized spacial score (nSPS) is 38.8. The fourth-order valence-electron chi connectivity index (χ4n) is 7.70. The monoisotopic (exact) mass is 498 g/mol. The first-order valence-corrected chi connectivity index (χ1v) is 12.3. The lowest BCUT2D eigenvalue weighted by Crippen LogP contribution is -2.60. The first kappa shape index (κ1) is 25.8. The van der Waals surface area contributed by atoms with Crippen LogP contribution in [0, 0.1) is 28.6 Å². The molecule has 194 valence electrons. The Labute approximate surface area is 195 Å². The summed E-state index contributed by atoms with van der Waals surface area (Å²) in [5, 5.41) is 0. The number of ether oxygens (including phenoxy) is 1. The van der Waals surface area contributed by atoms with Gasteiger partial charge in [-0.15, -0.1) is 0 Å². The molecule has 0 aromatic rings. The summed E-state index contributed by atoms with van der Waals surface area (Å²) < 4.78 is 96.1. The molecule has 4 aliphatic carbocycles. The average Bonchev–Trinajstić information content (AvgIpc) is 3.09. The van der Waals surface area contributed by atoms with Gasteiger partial charge >= 0.3 is 24.0 Å². The van der Waals surface area contributed by atoms with E-state index in [0.29, 0.717) is 18.3 Å². The van der Waals surface area contributed by atoms with Crippen molar-refractivity contribution in [1.82, 2.24) is 0 Å². The standard InChI is InChI=1S/C25H33F7O2/c1-4-21(2)11-10-17-16-6-5-14-13-15(9-12-22(14,3)19(16)8-7-18(17)21)34-20(33)23(26,24(27,28)29)25(30,31)32/h14-16,19H,4-13H2,1-3H3. The van der Waals surface area contributed by atoms with Gasteiger partial charge in [0.1, 0.15) is 6.10 Å². The molecule has 2 fully saturated rings. The lowest BCUT2D eigenvalue weighted by Gasteiger charge is -2.57. The van der Waals surface area contributed by atoms with Gasteiger partial charge in [0.25, 0.3) is 0 Å². The van der Waals surface area contributed by atoms with Gasteiger partial charge < -0.3 is 4.74 Å². The minimum Gasteiger partial charge on any atom is -0.459 e. The maximum absolute atomic E-state index is 14.1. The van der Waals surface area contributed by atoms with Crippen molar-refractivity contribution in [1.29, 1.82) is 0 Å². The molecule has 0 amide bonds. The Morgan fingerprint density at radius 3 is 2.18 bits per heavy atom. The van der Waals surface area contributed by atoms with Gasteiger partial charge in [-0.25, -0.2) is 9.18 Å². The highest BCUT2D eigenvalue weighted by atomic mass is 19.4. The van der Waals surface area contributed by atoms with Crippen molar-refractivity contribution in [2.24, 2.45) is 28.6 Å². The summed E-state index contributed by atoms with van der Waals surface area (Å²) in [5.74, 6) is -1.99. The summed E-state index contributed by atoms with van der Waals surface area (Å²) in [6.07, 6.45) is -5.98. The molecule has 0 bridgehead atoms. The van der Waals surface area contributed by atoms with Crippen molar-refractivity contribution in [2.75, 3.05) is 0 Å². The largest absolute Gasteiger partial charge is 0.459 e. The van der Waals surface area contributed by atoms with Gasteiger partial charge in [0.05, 0.1) is 0 Å². The number of fused-ring (bicyclic) bond motifs is 4. The zero-order chi connectivity index (χ0) is 25.3. The molecule has 0 heterocycles. The highest BCUT2D eigenvalue weighted by Crippen LogP contribution is 2.64. The molecule has 0 spiro atoms. The molecule has 34 heavy (non-hydrogen) atoms. The lowest BCUT2D eigenvalue weighted by molar-refractivity contribution is -0.334. The quantitative estimate of drug-likeness (QED) is 0.225. The molecule has 6 unspecified atom stereocenters. The second-order valence-electron chi connectivity index (χ2n) is 11.4. The number of hydrogen-bond donors (Lipinski definition) is 0. The van der Waals surface area contributed by atoms with Gasteiger partial charge in [0, 0.05) is 0 Å². The molecule has 2 nitrogen and oxygen atoms in total. The number of carbonyl (C=O) groups is 1. The third-order valence-corrected chi connectivity index (χ3v) is 9.98. The van der Waals surface area contributed by atoms with Crippen LogP contribution in [-0.2, 0) is 9.53 Å². The van der Waals surface area contributed by atoms with Crippen LogP contribution in [0.4, 0.5) is 30.7 Å². The third-order valence-electron chi connectivity index (χ3n) is 9.98. The van der Waals surface area contributed by atoms with Crippen molar-refractivity contribution < 1.29 is 40.3 Å². The summed E-state index contributed by atoms with van der Waals surface area (Å²) in [5.41, 5.74) is -2.67. The van der Waals surface area contributed by atoms with Crippen LogP contribution >= 0.6 is 0 Å². The van der Waals surface area contributed by atoms with Gasteiger partial charge in [0.15, 0.2) is 0 Å². The van der Waals surface area contributed by atoms with E-state index in [1.165, 1.54) is 6.42 Å². The lowest BCUT2D eigenvalue weighted by atomic mass is 9.48. The molecule has 6 atom stereocenters. The molecule has 9 heteroatoms. The Balaban J connectivity index is 1.49. The fraction of sp³-hybridized carbons (Fsp3) is 0.880. The number of alkyl halides is 7. The molecular weight excluding hydrogens is 465 g/mol. The van der Waals surface area contributed by atoms with Gasteiger partial charge in [-0.3, -0.25) is 0 Å². The molecule has 0 saturated heterocycles. The second-order valence-corrected chi connectivity index (χ2v) is 11.4. The Bertz CT molecular complexity index is 846. The topological polar surface area (TPSA) is 26.3 Å². The van der Waals surface area contributed by atoms with Crippen molar-refractivity contribution in [2.45, 2.75) is 109 Å². The van der Waals surface area contributed by atoms with E-state index in [-0.39, 0.29) is 29.6 Å². The Kier molecular flexibility index (Phi) is 6.16. The van der Waals surface area contributed by atoms with E-state index in [4.69, 9.17) is 0 Å². The van der Waals surface area contributed by atoms with E-state index in [1.807, 2.05) is 0 Å². The molecule has 2 saturated carbocycles. The number of hydrogen-bond acceptors (Lipinski definition) is 2. The Hall–Kier alpha value is -1.28. The number of allylic oxidation sites excluding steroid dienone is 2. The number of carbonyl (C=O) groups excluding carboxylic acids is 1. The summed E-state index contributed by atoms with van der Waals surface area (Å²) in [6.45, 7) is 6.75. The van der Waals surface area contributed by atoms with E-state index < -0.39 is 30.1 Å². The average molecular weight is 499 g/mol. The van der Waals surface area contributed by atoms with Crippen LogP contribution in [0.3, 0.4) is 0 Å². The van der Waals surface area contributed by atoms with E-state index in [0.717, 1.165) is 38.5 Å².